The molecule has 0 amide bonds. The quantitative estimate of drug-likeness (QED) is 0.236. The van der Waals surface area contributed by atoms with Gasteiger partial charge in [-0.15, -0.1) is 0 Å². The maximum absolute atomic E-state index is 12.2. The van der Waals surface area contributed by atoms with Gasteiger partial charge in [-0.1, -0.05) is 97.1 Å². The molecule has 0 spiro atoms. The third-order valence-electron chi connectivity index (χ3n) is 5.97. The Morgan fingerprint density at radius 2 is 0.576 bits per heavy atom. The Morgan fingerprint density at radius 3 is 0.788 bits per heavy atom. The maximum atomic E-state index is 12.2. The minimum absolute atomic E-state index is 0.450. The monoisotopic (exact) mass is 448 g/mol. The van der Waals surface area contributed by atoms with Crippen LogP contribution in [0.5, 0.6) is 0 Å². The summed E-state index contributed by atoms with van der Waals surface area (Å²) in [4.78, 5) is 49.0. The first-order chi connectivity index (χ1) is 16.2. The number of carbonyl (C=O) groups excluding carboxylic acids is 4. The molecule has 0 saturated heterocycles. The van der Waals surface area contributed by atoms with Gasteiger partial charge in [-0.25, -0.2) is 0 Å². The fraction of sp³-hybridized carbons (Fsp3) is 0. The van der Waals surface area contributed by atoms with Gasteiger partial charge in [-0.3, -0.25) is 19.2 Å². The van der Waals surface area contributed by atoms with Crippen molar-refractivity contribution in [3.05, 3.63) is 119 Å². The lowest BCUT2D eigenvalue weighted by Crippen LogP contribution is -2.77. The largest absolute Gasteiger partial charge is 0.298 e. The van der Waals surface area contributed by atoms with Crippen LogP contribution in [0.3, 0.4) is 0 Å². The lowest BCUT2D eigenvalue weighted by atomic mass is 10.2. The molecular weight excluding hydrogens is 428 g/mol. The Morgan fingerprint density at radius 1 is 0.364 bits per heavy atom. The molecule has 160 valence electrons. The minimum atomic E-state index is -3.49. The smallest absolute Gasteiger partial charge is 0.182 e. The van der Waals surface area contributed by atoms with Crippen LogP contribution in [0.2, 0.25) is 0 Å². The molecule has 33 heavy (non-hydrogen) atoms. The van der Waals surface area contributed by atoms with Gasteiger partial charge < -0.3 is 0 Å². The molecule has 4 aromatic rings. The molecule has 0 radical (unpaired) electrons. The number of aldehydes is 4. The first-order valence-electron chi connectivity index (χ1n) is 10.4. The van der Waals surface area contributed by atoms with Crippen LogP contribution < -0.4 is 20.7 Å². The number of benzene rings is 4. The van der Waals surface area contributed by atoms with Gasteiger partial charge in [0.25, 0.3) is 0 Å². The van der Waals surface area contributed by atoms with Crippen molar-refractivity contribution in [1.82, 2.24) is 0 Å². The highest BCUT2D eigenvalue weighted by Gasteiger charge is 2.46. The molecule has 4 nitrogen and oxygen atoms in total. The highest BCUT2D eigenvalue weighted by molar-refractivity contribution is 7.21. The second-order valence-corrected chi connectivity index (χ2v) is 11.2. The van der Waals surface area contributed by atoms with Gasteiger partial charge in [0.15, 0.2) is 8.07 Å². The van der Waals surface area contributed by atoms with E-state index < -0.39 is 8.07 Å². The average Bonchev–Trinajstić information content (AvgIpc) is 2.90. The summed E-state index contributed by atoms with van der Waals surface area (Å²) in [5.74, 6) is 0. The summed E-state index contributed by atoms with van der Waals surface area (Å²) < 4.78 is 0. The molecule has 0 saturated carbocycles. The van der Waals surface area contributed by atoms with Gasteiger partial charge in [0, 0.05) is 22.3 Å². The Labute approximate surface area is 192 Å². The Hall–Kier alpha value is -4.22. The van der Waals surface area contributed by atoms with Crippen LogP contribution in [0.4, 0.5) is 0 Å². The molecule has 0 unspecified atom stereocenters. The van der Waals surface area contributed by atoms with Crippen molar-refractivity contribution in [3.63, 3.8) is 0 Å². The van der Waals surface area contributed by atoms with E-state index in [0.717, 1.165) is 25.1 Å². The van der Waals surface area contributed by atoms with Crippen LogP contribution in [-0.2, 0) is 0 Å². The third-order valence-corrected chi connectivity index (χ3v) is 11.0. The standard InChI is InChI=1S/C28H20O4Si/c29-17-21-9-1-5-13-25(21)33(26-14-6-2-10-22(26)18-30,27-15-7-3-11-23(27)19-31)28-16-8-4-12-24(28)20-32/h1-20H. The summed E-state index contributed by atoms with van der Waals surface area (Å²) in [5, 5.41) is 2.83. The second kappa shape index (κ2) is 9.50. The molecule has 4 rings (SSSR count). The van der Waals surface area contributed by atoms with Crippen molar-refractivity contribution in [3.8, 4) is 0 Å². The zero-order chi connectivity index (χ0) is 23.3. The Kier molecular flexibility index (Phi) is 6.33. The van der Waals surface area contributed by atoms with E-state index in [9.17, 15) is 19.2 Å². The lowest BCUT2D eigenvalue weighted by molar-refractivity contribution is 0.111. The summed E-state index contributed by atoms with van der Waals surface area (Å²) in [6.45, 7) is 0. The molecule has 0 aliphatic carbocycles. The van der Waals surface area contributed by atoms with E-state index in [2.05, 4.69) is 0 Å². The van der Waals surface area contributed by atoms with Crippen molar-refractivity contribution >= 4 is 54.0 Å². The van der Waals surface area contributed by atoms with E-state index in [1.54, 1.807) is 48.5 Å². The Balaban J connectivity index is 2.36. The van der Waals surface area contributed by atoms with Gasteiger partial charge in [0.05, 0.1) is 0 Å². The van der Waals surface area contributed by atoms with Crippen LogP contribution in [0.25, 0.3) is 0 Å². The summed E-state index contributed by atoms with van der Waals surface area (Å²) in [7, 11) is -3.49. The fourth-order valence-corrected chi connectivity index (χ4v) is 10.1. The van der Waals surface area contributed by atoms with Crippen molar-refractivity contribution in [2.45, 2.75) is 0 Å². The van der Waals surface area contributed by atoms with Crippen molar-refractivity contribution in [2.24, 2.45) is 0 Å². The van der Waals surface area contributed by atoms with Crippen LogP contribution in [-0.4, -0.2) is 33.2 Å². The van der Waals surface area contributed by atoms with Gasteiger partial charge >= 0.3 is 0 Å². The van der Waals surface area contributed by atoms with E-state index in [0.29, 0.717) is 43.0 Å². The molecule has 0 aromatic heterocycles. The topological polar surface area (TPSA) is 68.3 Å². The van der Waals surface area contributed by atoms with Crippen LogP contribution >= 0.6 is 0 Å². The Bertz CT molecular complexity index is 1150. The highest BCUT2D eigenvalue weighted by Crippen LogP contribution is 2.16. The summed E-state index contributed by atoms with van der Waals surface area (Å²) in [5.41, 5.74) is 1.80. The van der Waals surface area contributed by atoms with Crippen LogP contribution in [0.15, 0.2) is 97.1 Å². The predicted molar refractivity (Wildman–Crippen MR) is 132 cm³/mol. The lowest BCUT2D eigenvalue weighted by Gasteiger charge is -2.37. The highest BCUT2D eigenvalue weighted by atomic mass is 28.3. The van der Waals surface area contributed by atoms with E-state index >= 15 is 0 Å². The molecule has 0 aliphatic heterocycles. The SMILES string of the molecule is O=Cc1ccccc1[Si](c1ccccc1C=O)(c1ccccc1C=O)c1ccccc1C=O. The van der Waals surface area contributed by atoms with E-state index in [1.807, 2.05) is 48.5 Å². The third kappa shape index (κ3) is 3.58. The fourth-order valence-electron chi connectivity index (χ4n) is 4.64. The van der Waals surface area contributed by atoms with Crippen LogP contribution in [0, 0.1) is 0 Å². The summed E-state index contributed by atoms with van der Waals surface area (Å²) in [6.07, 6.45) is 3.14. The number of hydrogen-bond donors (Lipinski definition) is 0. The molecule has 0 heterocycles. The zero-order valence-corrected chi connectivity index (χ0v) is 18.7. The maximum Gasteiger partial charge on any atom is 0.182 e. The molecule has 0 aliphatic rings. The molecule has 0 bridgehead atoms. The zero-order valence-electron chi connectivity index (χ0n) is 17.7. The summed E-state index contributed by atoms with van der Waals surface area (Å²) >= 11 is 0. The molecule has 0 fully saturated rings. The number of carbonyl (C=O) groups is 4. The molecule has 0 atom stereocenters. The van der Waals surface area contributed by atoms with E-state index in [1.165, 1.54) is 0 Å². The minimum Gasteiger partial charge on any atom is -0.298 e. The van der Waals surface area contributed by atoms with Crippen LogP contribution in [0.1, 0.15) is 41.4 Å². The normalized spacial score (nSPS) is 10.9. The predicted octanol–water partition coefficient (Wildman–Crippen LogP) is 2.31. The summed E-state index contributed by atoms with van der Waals surface area (Å²) in [6, 6.07) is 28.8. The van der Waals surface area contributed by atoms with E-state index in [4.69, 9.17) is 0 Å². The van der Waals surface area contributed by atoms with Gasteiger partial charge in [0.1, 0.15) is 25.1 Å². The van der Waals surface area contributed by atoms with Gasteiger partial charge in [0.2, 0.25) is 0 Å². The molecular formula is C28H20O4Si. The molecule has 0 N–H and O–H groups in total. The number of hydrogen-bond acceptors (Lipinski definition) is 4. The first-order valence-corrected chi connectivity index (χ1v) is 12.4. The first kappa shape index (κ1) is 22.0. The van der Waals surface area contributed by atoms with Crippen molar-refractivity contribution in [2.75, 3.05) is 0 Å². The van der Waals surface area contributed by atoms with Crippen molar-refractivity contribution in [1.29, 1.82) is 0 Å². The van der Waals surface area contributed by atoms with E-state index in [-0.39, 0.29) is 0 Å². The molecule has 4 aromatic carbocycles. The van der Waals surface area contributed by atoms with Gasteiger partial charge in [-0.2, -0.15) is 0 Å². The molecule has 5 heteroatoms. The number of rotatable bonds is 8. The van der Waals surface area contributed by atoms with Gasteiger partial charge in [-0.05, 0) is 20.7 Å². The average molecular weight is 449 g/mol. The second-order valence-electron chi connectivity index (χ2n) is 7.57. The van der Waals surface area contributed by atoms with Crippen molar-refractivity contribution < 1.29 is 19.2 Å².